The lowest BCUT2D eigenvalue weighted by Crippen LogP contribution is -2.65. The number of rotatable bonds is 0. The van der Waals surface area contributed by atoms with Crippen molar-refractivity contribution in [2.75, 3.05) is 0 Å². The van der Waals surface area contributed by atoms with Crippen LogP contribution in [0.2, 0.25) is 0 Å². The fraction of sp³-hybridized carbons (Fsp3) is 0.667. The molecule has 1 unspecified atom stereocenters. The van der Waals surface area contributed by atoms with Gasteiger partial charge in [-0.1, -0.05) is 34.8 Å². The molecule has 0 aliphatic heterocycles. The van der Waals surface area contributed by atoms with Crippen molar-refractivity contribution in [3.05, 3.63) is 10.1 Å². The highest BCUT2D eigenvalue weighted by Crippen LogP contribution is 2.63. The molecule has 0 nitrogen and oxygen atoms in total. The number of hydrogen-bond acceptors (Lipinski definition) is 0. The third-order valence-electron chi connectivity index (χ3n) is 1.93. The fourth-order valence-corrected chi connectivity index (χ4v) is 1.69. The first-order valence-corrected chi connectivity index (χ1v) is 4.52. The summed E-state index contributed by atoms with van der Waals surface area (Å²) in [5, 5.41) is -8.99. The van der Waals surface area contributed by atoms with Gasteiger partial charge in [-0.3, -0.25) is 0 Å². The summed E-state index contributed by atoms with van der Waals surface area (Å²) in [7, 11) is 0. The van der Waals surface area contributed by atoms with Crippen LogP contribution < -0.4 is 0 Å². The maximum atomic E-state index is 13.1. The first-order chi connectivity index (χ1) is 6.82. The topological polar surface area (TPSA) is 0 Å². The second kappa shape index (κ2) is 3.32. The second-order valence-corrected chi connectivity index (χ2v) is 4.20. The minimum atomic E-state index is -6.09. The molecule has 0 heterocycles. The van der Waals surface area contributed by atoms with E-state index in [-0.39, 0.29) is 0 Å². The molecular weight excluding hydrogens is 311 g/mol. The van der Waals surface area contributed by atoms with Gasteiger partial charge in [0, 0.05) is 0 Å². The van der Waals surface area contributed by atoms with Crippen LogP contribution in [-0.4, -0.2) is 22.9 Å². The number of halogens is 10. The average Bonchev–Trinajstić information content (AvgIpc) is 2.12. The van der Waals surface area contributed by atoms with Crippen molar-refractivity contribution < 1.29 is 30.7 Å². The van der Waals surface area contributed by atoms with Gasteiger partial charge in [0.15, 0.2) is 0 Å². The predicted octanol–water partition coefficient (Wildman–Crippen LogP) is 4.50. The summed E-state index contributed by atoms with van der Waals surface area (Å²) in [5.74, 6) is -17.5. The van der Waals surface area contributed by atoms with Gasteiger partial charge >= 0.3 is 17.8 Å². The van der Waals surface area contributed by atoms with Gasteiger partial charge in [0.05, 0.1) is 5.03 Å². The van der Waals surface area contributed by atoms with Gasteiger partial charge in [-0.2, -0.15) is 26.3 Å². The molecule has 1 rings (SSSR count). The Labute approximate surface area is 98.9 Å². The molecule has 0 aromatic carbocycles. The van der Waals surface area contributed by atoms with Gasteiger partial charge in [-0.25, -0.2) is 4.39 Å². The first kappa shape index (κ1) is 14.2. The van der Waals surface area contributed by atoms with Crippen LogP contribution in [-0.2, 0) is 0 Å². The summed E-state index contributed by atoms with van der Waals surface area (Å²) >= 11 is 13.7. The average molecular weight is 311 g/mol. The van der Waals surface area contributed by atoms with E-state index in [0.717, 1.165) is 0 Å². The number of allylic oxidation sites excluding steroid dienone is 2. The van der Waals surface area contributed by atoms with Crippen LogP contribution in [0.3, 0.4) is 0 Å². The van der Waals surface area contributed by atoms with Gasteiger partial charge in [0.1, 0.15) is 5.03 Å². The van der Waals surface area contributed by atoms with Gasteiger partial charge in [-0.15, -0.1) is 0 Å². The Hall–Kier alpha value is 0.120. The van der Waals surface area contributed by atoms with Crippen LogP contribution in [0.4, 0.5) is 30.7 Å². The van der Waals surface area contributed by atoms with Crippen molar-refractivity contribution in [1.82, 2.24) is 0 Å². The molecule has 10 heteroatoms. The highest BCUT2D eigenvalue weighted by molar-refractivity contribution is 6.45. The zero-order valence-corrected chi connectivity index (χ0v) is 9.05. The molecular formula is C6Cl3F7. The maximum absolute atomic E-state index is 13.1. The minimum Gasteiger partial charge on any atom is -0.213 e. The molecule has 0 N–H and O–H groups in total. The van der Waals surface area contributed by atoms with Crippen molar-refractivity contribution in [2.45, 2.75) is 22.9 Å². The minimum absolute atomic E-state index is 2.06. The summed E-state index contributed by atoms with van der Waals surface area (Å²) in [4.78, 5) is 0. The van der Waals surface area contributed by atoms with Gasteiger partial charge in [0.2, 0.25) is 0 Å². The van der Waals surface area contributed by atoms with Gasteiger partial charge in [-0.05, 0) is 0 Å². The normalized spacial score (nSPS) is 36.4. The molecule has 0 aromatic rings. The summed E-state index contributed by atoms with van der Waals surface area (Å²) in [6.45, 7) is 0. The molecule has 0 fully saturated rings. The molecule has 0 aromatic heterocycles. The van der Waals surface area contributed by atoms with E-state index in [1.54, 1.807) is 0 Å². The summed E-state index contributed by atoms with van der Waals surface area (Å²) in [6.07, 6.45) is 0. The van der Waals surface area contributed by atoms with E-state index in [4.69, 9.17) is 11.6 Å². The standard InChI is InChI=1S/C6Cl3F7/c7-1-2(8)4(11,12)6(15,16)5(13,14)3(1,9)10. The lowest BCUT2D eigenvalue weighted by atomic mass is 9.93. The largest absolute Gasteiger partial charge is 0.382 e. The first-order valence-electron chi connectivity index (χ1n) is 3.39. The predicted molar refractivity (Wildman–Crippen MR) is 43.3 cm³/mol. The van der Waals surface area contributed by atoms with Crippen molar-refractivity contribution in [2.24, 2.45) is 0 Å². The fourth-order valence-electron chi connectivity index (χ4n) is 0.946. The monoisotopic (exact) mass is 310 g/mol. The molecule has 1 aliphatic carbocycles. The van der Waals surface area contributed by atoms with Crippen LogP contribution in [0.15, 0.2) is 10.1 Å². The smallest absolute Gasteiger partial charge is 0.213 e. The molecule has 0 amide bonds. The Morgan fingerprint density at radius 3 is 1.44 bits per heavy atom. The van der Waals surface area contributed by atoms with Gasteiger partial charge < -0.3 is 0 Å². The Kier molecular flexibility index (Phi) is 2.95. The highest BCUT2D eigenvalue weighted by Gasteiger charge is 2.84. The summed E-state index contributed by atoms with van der Waals surface area (Å²) in [5.41, 5.74) is 0. The van der Waals surface area contributed by atoms with Crippen LogP contribution in [0.25, 0.3) is 0 Å². The zero-order valence-electron chi connectivity index (χ0n) is 6.78. The molecule has 0 spiro atoms. The summed E-state index contributed by atoms with van der Waals surface area (Å²) < 4.78 is 89.4. The summed E-state index contributed by atoms with van der Waals surface area (Å²) in [6, 6.07) is 0. The van der Waals surface area contributed by atoms with Crippen LogP contribution >= 0.6 is 34.8 Å². The van der Waals surface area contributed by atoms with E-state index in [2.05, 4.69) is 23.2 Å². The Bertz CT molecular complexity index is 325. The molecule has 16 heavy (non-hydrogen) atoms. The molecule has 1 aliphatic rings. The van der Waals surface area contributed by atoms with Crippen LogP contribution in [0.1, 0.15) is 0 Å². The number of hydrogen-bond donors (Lipinski definition) is 0. The van der Waals surface area contributed by atoms with E-state index in [0.29, 0.717) is 0 Å². The second-order valence-electron chi connectivity index (χ2n) is 2.93. The molecule has 0 saturated heterocycles. The third kappa shape index (κ3) is 1.31. The van der Waals surface area contributed by atoms with E-state index in [1.807, 2.05) is 0 Å². The lowest BCUT2D eigenvalue weighted by Gasteiger charge is -2.41. The Morgan fingerprint density at radius 1 is 0.688 bits per heavy atom. The van der Waals surface area contributed by atoms with E-state index < -0.39 is 33.0 Å². The van der Waals surface area contributed by atoms with Crippen molar-refractivity contribution in [3.8, 4) is 0 Å². The van der Waals surface area contributed by atoms with Gasteiger partial charge in [0.25, 0.3) is 5.13 Å². The van der Waals surface area contributed by atoms with Crippen molar-refractivity contribution in [3.63, 3.8) is 0 Å². The quantitative estimate of drug-likeness (QED) is 0.456. The molecule has 1 atom stereocenters. The van der Waals surface area contributed by atoms with E-state index in [9.17, 15) is 30.7 Å². The number of alkyl halides is 8. The van der Waals surface area contributed by atoms with Crippen LogP contribution in [0, 0.1) is 0 Å². The van der Waals surface area contributed by atoms with E-state index in [1.165, 1.54) is 0 Å². The lowest BCUT2D eigenvalue weighted by molar-refractivity contribution is -0.320. The third-order valence-corrected chi connectivity index (χ3v) is 3.42. The highest BCUT2D eigenvalue weighted by atomic mass is 35.5. The van der Waals surface area contributed by atoms with Crippen molar-refractivity contribution in [1.29, 1.82) is 0 Å². The molecule has 0 radical (unpaired) electrons. The van der Waals surface area contributed by atoms with E-state index >= 15 is 0 Å². The molecule has 0 saturated carbocycles. The Morgan fingerprint density at radius 2 is 1.06 bits per heavy atom. The Balaban J connectivity index is 3.64. The zero-order chi connectivity index (χ0) is 13.2. The maximum Gasteiger partial charge on any atom is 0.382 e. The molecule has 94 valence electrons. The van der Waals surface area contributed by atoms with Crippen LogP contribution in [0.5, 0.6) is 0 Å². The SMILES string of the molecule is FC1(F)C(Cl)=C(Cl)C(F)(Cl)C(F)(F)C1(F)F. The molecule has 0 bridgehead atoms. The van der Waals surface area contributed by atoms with Crippen molar-refractivity contribution >= 4 is 34.8 Å².